The van der Waals surface area contributed by atoms with Gasteiger partial charge < -0.3 is 14.6 Å². The van der Waals surface area contributed by atoms with E-state index in [4.69, 9.17) is 9.47 Å². The number of benzene rings is 2. The quantitative estimate of drug-likeness (QED) is 0.187. The van der Waals surface area contributed by atoms with Crippen molar-refractivity contribution in [3.8, 4) is 5.75 Å². The monoisotopic (exact) mass is 567 g/mol. The summed E-state index contributed by atoms with van der Waals surface area (Å²) in [4.78, 5) is 11.6. The van der Waals surface area contributed by atoms with E-state index in [0.717, 1.165) is 37.7 Å². The third-order valence-corrected chi connectivity index (χ3v) is 11.1. The summed E-state index contributed by atoms with van der Waals surface area (Å²) in [6, 6.07) is 12.6. The van der Waals surface area contributed by atoms with Gasteiger partial charge in [-0.3, -0.25) is 4.79 Å². The van der Waals surface area contributed by atoms with Gasteiger partial charge in [0.1, 0.15) is 5.75 Å². The molecule has 2 aromatic rings. The van der Waals surface area contributed by atoms with Gasteiger partial charge in [0.15, 0.2) is 0 Å². The summed E-state index contributed by atoms with van der Waals surface area (Å²) in [7, 11) is -3.97. The van der Waals surface area contributed by atoms with Crippen LogP contribution in [0.15, 0.2) is 51.8 Å². The van der Waals surface area contributed by atoms with Gasteiger partial charge in [0.2, 0.25) is 5.90 Å². The number of aryl methyl sites for hydroxylation is 2. The van der Waals surface area contributed by atoms with Gasteiger partial charge in [0, 0.05) is 6.92 Å². The fraction of sp³-hybridized carbons (Fsp3) is 0.562. The average Bonchev–Trinajstić information content (AvgIpc) is 3.16. The smallest absolute Gasteiger partial charge is 0.308 e. The zero-order valence-electron chi connectivity index (χ0n) is 24.0. The van der Waals surface area contributed by atoms with E-state index in [-0.39, 0.29) is 28.6 Å². The van der Waals surface area contributed by atoms with E-state index >= 15 is 0 Å². The number of sulfonamides is 1. The maximum Gasteiger partial charge on any atom is 0.308 e. The number of rotatable bonds is 7. The van der Waals surface area contributed by atoms with Gasteiger partial charge in [0.25, 0.3) is 10.0 Å². The van der Waals surface area contributed by atoms with Gasteiger partial charge in [-0.05, 0) is 110 Å². The van der Waals surface area contributed by atoms with Gasteiger partial charge in [-0.1, -0.05) is 37.6 Å². The molecular formula is C32H41NO6S. The van der Waals surface area contributed by atoms with Crippen molar-refractivity contribution in [2.45, 2.75) is 95.5 Å². The number of hydrogen-bond donors (Lipinski definition) is 1. The second-order valence-corrected chi connectivity index (χ2v) is 13.8. The Hall–Kier alpha value is -2.71. The number of fused-ring (bicyclic) bond motifs is 5. The number of aliphatic hydroxyl groups is 1. The summed E-state index contributed by atoms with van der Waals surface area (Å²) in [5.41, 5.74) is 2.09. The first-order valence-electron chi connectivity index (χ1n) is 14.5. The number of nitrogens with zero attached hydrogens (tertiary/aromatic N) is 1. The van der Waals surface area contributed by atoms with Crippen LogP contribution in [0.3, 0.4) is 0 Å². The second kappa shape index (κ2) is 10.9. The topological polar surface area (TPSA) is 102 Å². The molecule has 3 aliphatic carbocycles. The molecule has 0 bridgehead atoms. The van der Waals surface area contributed by atoms with Crippen molar-refractivity contribution < 1.29 is 27.8 Å². The largest absolute Gasteiger partial charge is 0.480 e. The Labute approximate surface area is 238 Å². The molecule has 0 amide bonds. The van der Waals surface area contributed by atoms with Gasteiger partial charge in [-0.25, -0.2) is 0 Å². The molecule has 0 saturated heterocycles. The third-order valence-electron chi connectivity index (χ3n) is 9.74. The Morgan fingerprint density at radius 2 is 1.85 bits per heavy atom. The molecule has 7 nitrogen and oxygen atoms in total. The summed E-state index contributed by atoms with van der Waals surface area (Å²) in [5, 5.41) is 12.2. The predicted molar refractivity (Wildman–Crippen MR) is 154 cm³/mol. The summed E-state index contributed by atoms with van der Waals surface area (Å²) in [6.07, 6.45) is 6.00. The molecule has 3 aliphatic rings. The highest BCUT2D eigenvalue weighted by Gasteiger charge is 2.61. The molecule has 2 aromatic carbocycles. The number of ether oxygens (including phenoxy) is 2. The van der Waals surface area contributed by atoms with Crippen LogP contribution in [0, 0.1) is 24.2 Å². The number of hydrogen-bond acceptors (Lipinski definition) is 6. The molecule has 5 rings (SSSR count). The van der Waals surface area contributed by atoms with Crippen LogP contribution >= 0.6 is 0 Å². The van der Waals surface area contributed by atoms with Crippen molar-refractivity contribution >= 4 is 21.9 Å². The Morgan fingerprint density at radius 1 is 1.10 bits per heavy atom. The second-order valence-electron chi connectivity index (χ2n) is 12.2. The summed E-state index contributed by atoms with van der Waals surface area (Å²) in [5.74, 6) is 1.54. The van der Waals surface area contributed by atoms with E-state index in [0.29, 0.717) is 43.0 Å². The van der Waals surface area contributed by atoms with Crippen molar-refractivity contribution in [1.29, 1.82) is 0 Å². The lowest BCUT2D eigenvalue weighted by atomic mass is 9.53. The first-order chi connectivity index (χ1) is 19.0. The molecule has 0 aliphatic heterocycles. The molecule has 40 heavy (non-hydrogen) atoms. The average molecular weight is 568 g/mol. The van der Waals surface area contributed by atoms with Crippen LogP contribution in [-0.2, 0) is 26.0 Å². The zero-order valence-corrected chi connectivity index (χ0v) is 24.8. The number of carbonyl (C=O) groups is 1. The van der Waals surface area contributed by atoms with E-state index in [9.17, 15) is 18.3 Å². The van der Waals surface area contributed by atoms with Gasteiger partial charge >= 0.3 is 5.97 Å². The molecule has 0 spiro atoms. The predicted octanol–water partition coefficient (Wildman–Crippen LogP) is 6.11. The Balaban J connectivity index is 1.40. The Kier molecular flexibility index (Phi) is 7.87. The van der Waals surface area contributed by atoms with Crippen LogP contribution in [0.1, 0.15) is 88.3 Å². The van der Waals surface area contributed by atoms with E-state index in [1.54, 1.807) is 24.3 Å². The summed E-state index contributed by atoms with van der Waals surface area (Å²) in [6.45, 7) is 7.81. The van der Waals surface area contributed by atoms with Gasteiger partial charge in [0.05, 0.1) is 23.5 Å². The maximum atomic E-state index is 13.2. The highest BCUT2D eigenvalue weighted by Crippen LogP contribution is 2.65. The van der Waals surface area contributed by atoms with Crippen LogP contribution in [0.5, 0.6) is 5.75 Å². The summed E-state index contributed by atoms with van der Waals surface area (Å²) >= 11 is 0. The molecule has 5 atom stereocenters. The minimum atomic E-state index is -3.97. The van der Waals surface area contributed by atoms with Crippen molar-refractivity contribution in [3.63, 3.8) is 0 Å². The lowest BCUT2D eigenvalue weighted by Crippen LogP contribution is -2.51. The van der Waals surface area contributed by atoms with E-state index in [2.05, 4.69) is 17.4 Å². The molecule has 216 valence electrons. The minimum absolute atomic E-state index is 0.0881. The third kappa shape index (κ3) is 5.32. The van der Waals surface area contributed by atoms with E-state index in [1.807, 2.05) is 26.0 Å². The lowest BCUT2D eigenvalue weighted by molar-refractivity contribution is -0.131. The molecule has 0 heterocycles. The summed E-state index contributed by atoms with van der Waals surface area (Å²) < 4.78 is 41.7. The molecule has 1 N–H and O–H groups in total. The Morgan fingerprint density at radius 3 is 2.55 bits per heavy atom. The van der Waals surface area contributed by atoms with Crippen LogP contribution in [0.2, 0.25) is 0 Å². The van der Waals surface area contributed by atoms with Crippen molar-refractivity contribution in [2.24, 2.45) is 21.6 Å². The molecular weight excluding hydrogens is 526 g/mol. The first-order valence-corrected chi connectivity index (χ1v) is 16.0. The zero-order chi connectivity index (χ0) is 28.7. The number of esters is 1. The lowest BCUT2D eigenvalue weighted by Gasteiger charge is -2.53. The van der Waals surface area contributed by atoms with Crippen LogP contribution in [-0.4, -0.2) is 37.6 Å². The van der Waals surface area contributed by atoms with Crippen molar-refractivity contribution in [3.05, 3.63) is 59.2 Å². The molecule has 0 unspecified atom stereocenters. The normalized spacial score (nSPS) is 29.7. The highest BCUT2D eigenvalue weighted by molar-refractivity contribution is 7.90. The fourth-order valence-corrected chi connectivity index (χ4v) is 8.64. The van der Waals surface area contributed by atoms with E-state index < -0.39 is 15.6 Å². The Bertz CT molecular complexity index is 1400. The van der Waals surface area contributed by atoms with Crippen molar-refractivity contribution in [1.82, 2.24) is 0 Å². The maximum absolute atomic E-state index is 13.2. The highest BCUT2D eigenvalue weighted by atomic mass is 32.2. The first kappa shape index (κ1) is 28.8. The van der Waals surface area contributed by atoms with Crippen LogP contribution < -0.4 is 4.74 Å². The standard InChI is InChI=1S/C32H41NO6S/c1-5-18-38-30(33-40(36,37)25-10-6-21(2)7-11-25)20-32(35)17-15-29-28-12-8-23-19-24(39-22(3)34)9-13-26(23)27(28)14-16-31(29,32)4/h6-7,9-11,13,19,27-29,35H,5,8,12,14-18,20H2,1-4H3/t27-,28-,29+,31+,32-/m1/s1. The minimum Gasteiger partial charge on any atom is -0.480 e. The van der Waals surface area contributed by atoms with E-state index in [1.165, 1.54) is 18.1 Å². The number of carbonyl (C=O) groups excluding carboxylic acids is 1. The van der Waals surface area contributed by atoms with Crippen LogP contribution in [0.25, 0.3) is 0 Å². The molecule has 8 heteroatoms. The van der Waals surface area contributed by atoms with Crippen molar-refractivity contribution in [2.75, 3.05) is 6.61 Å². The molecule has 0 aromatic heterocycles. The van der Waals surface area contributed by atoms with Gasteiger partial charge in [-0.15, -0.1) is 4.40 Å². The van der Waals surface area contributed by atoms with Crippen LogP contribution in [0.4, 0.5) is 0 Å². The molecule has 2 fully saturated rings. The molecule has 2 saturated carbocycles. The molecule has 0 radical (unpaired) electrons. The van der Waals surface area contributed by atoms with Gasteiger partial charge in [-0.2, -0.15) is 8.42 Å². The fourth-order valence-electron chi connectivity index (χ4n) is 7.67. The SMILES string of the molecule is CCCOC(C[C@]1(O)CC[C@H]2[C@@H]3CCc4cc(OC(C)=O)ccc4[C@H]3CC[C@@]21C)=NS(=O)(=O)c1ccc(C)cc1.